The molecule has 0 N–H and O–H groups in total. The fourth-order valence-corrected chi connectivity index (χ4v) is 5.43. The van der Waals surface area contributed by atoms with Crippen molar-refractivity contribution in [2.45, 2.75) is 65.7 Å². The second-order valence-corrected chi connectivity index (χ2v) is 9.25. The van der Waals surface area contributed by atoms with E-state index in [0.29, 0.717) is 11.8 Å². The Morgan fingerprint density at radius 3 is 2.67 bits per heavy atom. The molecular formula is C21H28N2O. The summed E-state index contributed by atoms with van der Waals surface area (Å²) >= 11 is 0. The Morgan fingerprint density at radius 1 is 1.21 bits per heavy atom. The number of hydrogen-bond donors (Lipinski definition) is 0. The van der Waals surface area contributed by atoms with Crippen LogP contribution in [0.1, 0.15) is 76.3 Å². The number of imidazole rings is 1. The van der Waals surface area contributed by atoms with E-state index in [1.54, 1.807) is 0 Å². The van der Waals surface area contributed by atoms with Crippen LogP contribution in [0.4, 0.5) is 0 Å². The lowest BCUT2D eigenvalue weighted by atomic mass is 9.57. The molecule has 4 rings (SSSR count). The van der Waals surface area contributed by atoms with Gasteiger partial charge in [-0.15, -0.1) is 0 Å². The molecule has 3 heteroatoms. The number of aromatic nitrogens is 2. The largest absolute Gasteiger partial charge is 0.273 e. The predicted octanol–water partition coefficient (Wildman–Crippen LogP) is 5.41. The Morgan fingerprint density at radius 2 is 1.92 bits per heavy atom. The molecule has 0 saturated heterocycles. The summed E-state index contributed by atoms with van der Waals surface area (Å²) in [6.07, 6.45) is 5.76. The quantitative estimate of drug-likeness (QED) is 0.703. The van der Waals surface area contributed by atoms with Crippen LogP contribution in [0.5, 0.6) is 0 Å². The van der Waals surface area contributed by atoms with Crippen molar-refractivity contribution >= 4 is 16.9 Å². The fourth-order valence-electron chi connectivity index (χ4n) is 5.43. The minimum absolute atomic E-state index is 0.139. The van der Waals surface area contributed by atoms with Crippen LogP contribution >= 0.6 is 0 Å². The summed E-state index contributed by atoms with van der Waals surface area (Å²) in [6, 6.07) is 8.11. The summed E-state index contributed by atoms with van der Waals surface area (Å²) in [4.78, 5) is 18.6. The topological polar surface area (TPSA) is 34.9 Å². The van der Waals surface area contributed by atoms with E-state index < -0.39 is 0 Å². The molecule has 2 heterocycles. The maximum atomic E-state index is 13.7. The van der Waals surface area contributed by atoms with Gasteiger partial charge in [-0.05, 0) is 42.7 Å². The van der Waals surface area contributed by atoms with Crippen LogP contribution in [0.25, 0.3) is 11.0 Å². The highest BCUT2D eigenvalue weighted by molar-refractivity contribution is 5.95. The lowest BCUT2D eigenvalue weighted by Crippen LogP contribution is -2.50. The maximum absolute atomic E-state index is 13.7. The van der Waals surface area contributed by atoms with Crippen LogP contribution in [0.3, 0.4) is 0 Å². The summed E-state index contributed by atoms with van der Waals surface area (Å²) < 4.78 is 1.97. The molecule has 3 atom stereocenters. The molecule has 1 aromatic heterocycles. The van der Waals surface area contributed by atoms with Gasteiger partial charge in [-0.1, -0.05) is 52.7 Å². The van der Waals surface area contributed by atoms with Crippen molar-refractivity contribution in [2.24, 2.45) is 16.7 Å². The summed E-state index contributed by atoms with van der Waals surface area (Å²) in [6.45, 7) is 8.99. The Kier molecular flexibility index (Phi) is 3.42. The number of nitrogens with zero attached hydrogens (tertiary/aromatic N) is 2. The molecule has 1 aliphatic heterocycles. The van der Waals surface area contributed by atoms with Gasteiger partial charge < -0.3 is 0 Å². The first-order valence-electron chi connectivity index (χ1n) is 9.33. The number of hydrogen-bond acceptors (Lipinski definition) is 2. The molecule has 128 valence electrons. The van der Waals surface area contributed by atoms with Crippen molar-refractivity contribution in [3.8, 4) is 0 Å². The standard InChI is InChI=1S/C21H28N2O/c1-20(2,3)13-21(4)15-10-6-5-9-14(15)18-22-16-11-7-8-12-17(16)23(18)19(21)24/h7-8,11-12,14-15H,5-6,9-10,13H2,1-4H3. The monoisotopic (exact) mass is 324 g/mol. The molecule has 2 aromatic rings. The van der Waals surface area contributed by atoms with Crippen molar-refractivity contribution in [1.29, 1.82) is 0 Å². The van der Waals surface area contributed by atoms with Crippen molar-refractivity contribution in [2.75, 3.05) is 0 Å². The first kappa shape index (κ1) is 15.9. The van der Waals surface area contributed by atoms with Gasteiger partial charge in [0, 0.05) is 5.92 Å². The van der Waals surface area contributed by atoms with E-state index >= 15 is 0 Å². The Hall–Kier alpha value is -1.64. The van der Waals surface area contributed by atoms with E-state index in [2.05, 4.69) is 27.7 Å². The molecule has 24 heavy (non-hydrogen) atoms. The van der Waals surface area contributed by atoms with Gasteiger partial charge >= 0.3 is 0 Å². The molecule has 0 amide bonds. The van der Waals surface area contributed by atoms with Gasteiger partial charge in [-0.2, -0.15) is 0 Å². The normalized spacial score (nSPS) is 30.2. The summed E-state index contributed by atoms with van der Waals surface area (Å²) in [5.74, 6) is 2.15. The first-order chi connectivity index (χ1) is 11.3. The molecule has 1 saturated carbocycles. The molecule has 1 aromatic carbocycles. The van der Waals surface area contributed by atoms with E-state index in [0.717, 1.165) is 29.7 Å². The minimum atomic E-state index is -0.292. The summed E-state index contributed by atoms with van der Waals surface area (Å²) in [5.41, 5.74) is 1.80. The van der Waals surface area contributed by atoms with Gasteiger partial charge in [0.05, 0.1) is 16.4 Å². The lowest BCUT2D eigenvalue weighted by molar-refractivity contribution is 0.0238. The van der Waals surface area contributed by atoms with Crippen molar-refractivity contribution in [1.82, 2.24) is 9.55 Å². The third kappa shape index (κ3) is 2.24. The molecule has 0 radical (unpaired) electrons. The molecule has 2 aliphatic rings. The van der Waals surface area contributed by atoms with Gasteiger partial charge in [0.25, 0.3) is 0 Å². The van der Waals surface area contributed by atoms with E-state index in [9.17, 15) is 4.79 Å². The predicted molar refractivity (Wildman–Crippen MR) is 97.2 cm³/mol. The fraction of sp³-hybridized carbons (Fsp3) is 0.619. The van der Waals surface area contributed by atoms with Crippen LogP contribution in [0.15, 0.2) is 24.3 Å². The van der Waals surface area contributed by atoms with Gasteiger partial charge in [0.1, 0.15) is 5.82 Å². The Balaban J connectivity index is 1.94. The highest BCUT2D eigenvalue weighted by Crippen LogP contribution is 2.55. The van der Waals surface area contributed by atoms with Crippen LogP contribution in [-0.4, -0.2) is 15.5 Å². The van der Waals surface area contributed by atoms with E-state index in [4.69, 9.17) is 4.98 Å². The third-order valence-electron chi connectivity index (χ3n) is 6.09. The number of fused-ring (bicyclic) bond motifs is 5. The summed E-state index contributed by atoms with van der Waals surface area (Å²) in [7, 11) is 0. The van der Waals surface area contributed by atoms with Crippen LogP contribution < -0.4 is 0 Å². The third-order valence-corrected chi connectivity index (χ3v) is 6.09. The Bertz CT molecular complexity index is 798. The maximum Gasteiger partial charge on any atom is 0.238 e. The molecule has 3 unspecified atom stereocenters. The van der Waals surface area contributed by atoms with Gasteiger partial charge in [0.2, 0.25) is 5.91 Å². The van der Waals surface area contributed by atoms with Crippen LogP contribution in [0.2, 0.25) is 0 Å². The molecule has 3 nitrogen and oxygen atoms in total. The van der Waals surface area contributed by atoms with Crippen LogP contribution in [0, 0.1) is 16.7 Å². The molecule has 0 bridgehead atoms. The highest BCUT2D eigenvalue weighted by atomic mass is 16.2. The van der Waals surface area contributed by atoms with E-state index in [-0.39, 0.29) is 16.7 Å². The number of carbonyl (C=O) groups is 1. The first-order valence-corrected chi connectivity index (χ1v) is 9.33. The van der Waals surface area contributed by atoms with Crippen molar-refractivity contribution in [3.63, 3.8) is 0 Å². The summed E-state index contributed by atoms with van der Waals surface area (Å²) in [5, 5.41) is 0. The molecule has 1 aliphatic carbocycles. The second-order valence-electron chi connectivity index (χ2n) is 9.25. The number of para-hydroxylation sites is 2. The van der Waals surface area contributed by atoms with Gasteiger partial charge in [-0.25, -0.2) is 4.98 Å². The number of rotatable bonds is 1. The van der Waals surface area contributed by atoms with Crippen molar-refractivity contribution < 1.29 is 4.79 Å². The van der Waals surface area contributed by atoms with E-state index in [1.165, 1.54) is 19.3 Å². The SMILES string of the molecule is CC(C)(C)CC1(C)C(=O)n2c(nc3ccccc32)C2CCCCC21. The zero-order valence-electron chi connectivity index (χ0n) is 15.3. The van der Waals surface area contributed by atoms with E-state index in [1.807, 2.05) is 28.8 Å². The minimum Gasteiger partial charge on any atom is -0.273 e. The smallest absolute Gasteiger partial charge is 0.238 e. The molecule has 1 fully saturated rings. The zero-order valence-corrected chi connectivity index (χ0v) is 15.3. The average Bonchev–Trinajstić information content (AvgIpc) is 2.91. The molecular weight excluding hydrogens is 296 g/mol. The number of carbonyl (C=O) groups excluding carboxylic acids is 1. The second kappa shape index (κ2) is 5.18. The van der Waals surface area contributed by atoms with Crippen LogP contribution in [-0.2, 0) is 0 Å². The highest BCUT2D eigenvalue weighted by Gasteiger charge is 2.53. The number of benzene rings is 1. The zero-order chi connectivity index (χ0) is 17.1. The Labute approximate surface area is 144 Å². The van der Waals surface area contributed by atoms with Crippen molar-refractivity contribution in [3.05, 3.63) is 30.1 Å². The lowest BCUT2D eigenvalue weighted by Gasteiger charge is -2.49. The average molecular weight is 324 g/mol. The van der Waals surface area contributed by atoms with Gasteiger partial charge in [-0.3, -0.25) is 9.36 Å². The molecule has 0 spiro atoms. The van der Waals surface area contributed by atoms with Gasteiger partial charge in [0.15, 0.2) is 0 Å².